The van der Waals surface area contributed by atoms with E-state index in [4.69, 9.17) is 10.5 Å². The third-order valence-corrected chi connectivity index (χ3v) is 2.69. The Morgan fingerprint density at radius 2 is 2.31 bits per heavy atom. The minimum atomic E-state index is -0.634. The Hall–Kier alpha value is -1.42. The Balaban J connectivity index is 2.12. The molecule has 0 spiro atoms. The van der Waals surface area contributed by atoms with Gasteiger partial charge in [-0.25, -0.2) is 0 Å². The molecular formula is C12H16N2O2. The van der Waals surface area contributed by atoms with E-state index in [0.717, 1.165) is 19.3 Å². The van der Waals surface area contributed by atoms with Gasteiger partial charge < -0.3 is 10.5 Å². The highest BCUT2D eigenvalue weighted by molar-refractivity contribution is 6.05. The molecule has 2 N–H and O–H groups in total. The zero-order valence-electron chi connectivity index (χ0n) is 9.40. The van der Waals surface area contributed by atoms with Crippen LogP contribution in [-0.4, -0.2) is 22.9 Å². The summed E-state index contributed by atoms with van der Waals surface area (Å²) in [5, 5.41) is 0. The smallest absolute Gasteiger partial charge is 0.184 e. The van der Waals surface area contributed by atoms with Crippen LogP contribution in [-0.2, 0) is 0 Å². The number of ether oxygens (including phenoxy) is 1. The van der Waals surface area contributed by atoms with E-state index in [1.54, 1.807) is 18.5 Å². The first-order valence-electron chi connectivity index (χ1n) is 5.57. The summed E-state index contributed by atoms with van der Waals surface area (Å²) in [6.45, 7) is 2.66. The minimum Gasteiger partial charge on any atom is -0.492 e. The Morgan fingerprint density at radius 3 is 2.94 bits per heavy atom. The van der Waals surface area contributed by atoms with Crippen LogP contribution in [0.25, 0.3) is 0 Å². The van der Waals surface area contributed by atoms with Gasteiger partial charge in [-0.05, 0) is 25.3 Å². The van der Waals surface area contributed by atoms with Crippen molar-refractivity contribution in [3.05, 3.63) is 24.0 Å². The van der Waals surface area contributed by atoms with Gasteiger partial charge in [0.25, 0.3) is 0 Å². The molecule has 1 saturated carbocycles. The molecule has 1 aliphatic carbocycles. The van der Waals surface area contributed by atoms with Crippen LogP contribution < -0.4 is 10.5 Å². The van der Waals surface area contributed by atoms with Crippen LogP contribution in [0.1, 0.15) is 36.5 Å². The maximum atomic E-state index is 11.9. The number of nitrogens with two attached hydrogens (primary N) is 1. The molecule has 0 atom stereocenters. The molecule has 4 nitrogen and oxygen atoms in total. The van der Waals surface area contributed by atoms with Gasteiger partial charge in [-0.3, -0.25) is 9.78 Å². The number of hydrogen-bond donors (Lipinski definition) is 1. The number of hydrogen-bond acceptors (Lipinski definition) is 4. The molecule has 0 bridgehead atoms. The molecule has 0 amide bonds. The lowest BCUT2D eigenvalue weighted by Gasteiger charge is -2.09. The lowest BCUT2D eigenvalue weighted by Crippen LogP contribution is -2.32. The highest BCUT2D eigenvalue weighted by Crippen LogP contribution is 2.35. The highest BCUT2D eigenvalue weighted by Gasteiger charge is 2.46. The van der Waals surface area contributed by atoms with Crippen molar-refractivity contribution in [1.82, 2.24) is 4.98 Å². The van der Waals surface area contributed by atoms with Crippen LogP contribution in [0.3, 0.4) is 0 Å². The van der Waals surface area contributed by atoms with Crippen LogP contribution in [0, 0.1) is 0 Å². The molecule has 16 heavy (non-hydrogen) atoms. The summed E-state index contributed by atoms with van der Waals surface area (Å²) >= 11 is 0. The largest absolute Gasteiger partial charge is 0.492 e. The number of nitrogens with zero attached hydrogens (tertiary/aromatic N) is 1. The van der Waals surface area contributed by atoms with E-state index in [1.165, 1.54) is 0 Å². The number of Topliss-reactive ketones (excluding diaryl/α,β-unsaturated/α-hetero) is 1. The molecule has 2 rings (SSSR count). The molecular weight excluding hydrogens is 204 g/mol. The first-order chi connectivity index (χ1) is 7.65. The summed E-state index contributed by atoms with van der Waals surface area (Å²) in [5.74, 6) is 0.610. The zero-order chi connectivity index (χ0) is 11.6. The van der Waals surface area contributed by atoms with E-state index in [9.17, 15) is 4.79 Å². The number of aromatic nitrogens is 1. The molecule has 0 aliphatic heterocycles. The molecule has 1 fully saturated rings. The van der Waals surface area contributed by atoms with E-state index in [2.05, 4.69) is 4.98 Å². The van der Waals surface area contributed by atoms with Gasteiger partial charge in [0, 0.05) is 11.8 Å². The monoisotopic (exact) mass is 220 g/mol. The summed E-state index contributed by atoms with van der Waals surface area (Å²) in [4.78, 5) is 15.9. The standard InChI is InChI=1S/C12H16N2O2/c1-2-5-16-10-6-9(7-14-8-10)11(15)12(13)3-4-12/h6-8H,2-5,13H2,1H3. The maximum absolute atomic E-state index is 11.9. The van der Waals surface area contributed by atoms with Gasteiger partial charge in [0.2, 0.25) is 0 Å². The van der Waals surface area contributed by atoms with Gasteiger partial charge in [-0.1, -0.05) is 6.92 Å². The van der Waals surface area contributed by atoms with Crippen molar-refractivity contribution in [3.63, 3.8) is 0 Å². The normalized spacial score (nSPS) is 16.9. The van der Waals surface area contributed by atoms with Gasteiger partial charge >= 0.3 is 0 Å². The van der Waals surface area contributed by atoms with Crippen LogP contribution in [0.2, 0.25) is 0 Å². The van der Waals surface area contributed by atoms with Gasteiger partial charge in [-0.15, -0.1) is 0 Å². The van der Waals surface area contributed by atoms with E-state index in [1.807, 2.05) is 6.92 Å². The Kier molecular flexibility index (Phi) is 2.92. The molecule has 1 aromatic rings. The quantitative estimate of drug-likeness (QED) is 0.764. The SMILES string of the molecule is CCCOc1cncc(C(=O)C2(N)CC2)c1. The van der Waals surface area contributed by atoms with Crippen molar-refractivity contribution in [2.24, 2.45) is 5.73 Å². The molecule has 0 radical (unpaired) electrons. The second kappa shape index (κ2) is 4.22. The lowest BCUT2D eigenvalue weighted by molar-refractivity contribution is 0.0948. The van der Waals surface area contributed by atoms with Crippen molar-refractivity contribution < 1.29 is 9.53 Å². The number of ketones is 1. The second-order valence-electron chi connectivity index (χ2n) is 4.24. The average Bonchev–Trinajstić information content (AvgIpc) is 3.05. The predicted octanol–water partition coefficient (Wildman–Crippen LogP) is 1.54. The van der Waals surface area contributed by atoms with Crippen molar-refractivity contribution in [2.45, 2.75) is 31.7 Å². The zero-order valence-corrected chi connectivity index (χ0v) is 9.40. The van der Waals surface area contributed by atoms with Gasteiger partial charge in [0.05, 0.1) is 18.3 Å². The third-order valence-electron chi connectivity index (χ3n) is 2.69. The van der Waals surface area contributed by atoms with Crippen molar-refractivity contribution in [3.8, 4) is 5.75 Å². The van der Waals surface area contributed by atoms with Crippen LogP contribution in [0.15, 0.2) is 18.5 Å². The third kappa shape index (κ3) is 2.22. The van der Waals surface area contributed by atoms with Crippen molar-refractivity contribution in [2.75, 3.05) is 6.61 Å². The van der Waals surface area contributed by atoms with E-state index >= 15 is 0 Å². The fourth-order valence-electron chi connectivity index (χ4n) is 1.49. The number of pyridine rings is 1. The topological polar surface area (TPSA) is 65.2 Å². The Morgan fingerprint density at radius 1 is 1.56 bits per heavy atom. The van der Waals surface area contributed by atoms with Crippen LogP contribution >= 0.6 is 0 Å². The van der Waals surface area contributed by atoms with Crippen LogP contribution in [0.5, 0.6) is 5.75 Å². The Labute approximate surface area is 94.8 Å². The summed E-state index contributed by atoms with van der Waals surface area (Å²) < 4.78 is 5.42. The molecule has 1 heterocycles. The number of rotatable bonds is 5. The van der Waals surface area contributed by atoms with Crippen LogP contribution in [0.4, 0.5) is 0 Å². The van der Waals surface area contributed by atoms with Gasteiger partial charge in [0.15, 0.2) is 5.78 Å². The maximum Gasteiger partial charge on any atom is 0.184 e. The second-order valence-corrected chi connectivity index (χ2v) is 4.24. The molecule has 1 aromatic heterocycles. The lowest BCUT2D eigenvalue weighted by atomic mass is 10.1. The molecule has 0 saturated heterocycles. The highest BCUT2D eigenvalue weighted by atomic mass is 16.5. The fraction of sp³-hybridized carbons (Fsp3) is 0.500. The van der Waals surface area contributed by atoms with Gasteiger partial charge in [0.1, 0.15) is 5.75 Å². The molecule has 0 unspecified atom stereocenters. The average molecular weight is 220 g/mol. The first kappa shape index (κ1) is 11.1. The number of carbonyl (C=O) groups is 1. The van der Waals surface area contributed by atoms with Gasteiger partial charge in [-0.2, -0.15) is 0 Å². The molecule has 4 heteroatoms. The van der Waals surface area contributed by atoms with E-state index < -0.39 is 5.54 Å². The summed E-state index contributed by atoms with van der Waals surface area (Å²) in [7, 11) is 0. The molecule has 1 aliphatic rings. The first-order valence-corrected chi connectivity index (χ1v) is 5.57. The fourth-order valence-corrected chi connectivity index (χ4v) is 1.49. The number of carbonyl (C=O) groups excluding carboxylic acids is 1. The molecule has 0 aromatic carbocycles. The molecule has 86 valence electrons. The van der Waals surface area contributed by atoms with E-state index in [-0.39, 0.29) is 5.78 Å². The van der Waals surface area contributed by atoms with Crippen molar-refractivity contribution in [1.29, 1.82) is 0 Å². The summed E-state index contributed by atoms with van der Waals surface area (Å²) in [6, 6.07) is 1.72. The van der Waals surface area contributed by atoms with Crippen molar-refractivity contribution >= 4 is 5.78 Å². The summed E-state index contributed by atoms with van der Waals surface area (Å²) in [5.41, 5.74) is 5.77. The summed E-state index contributed by atoms with van der Waals surface area (Å²) in [6.07, 6.45) is 5.63. The Bertz CT molecular complexity index is 400. The minimum absolute atomic E-state index is 0.0260. The predicted molar refractivity (Wildman–Crippen MR) is 60.5 cm³/mol. The van der Waals surface area contributed by atoms with E-state index in [0.29, 0.717) is 17.9 Å².